The van der Waals surface area contributed by atoms with E-state index in [0.29, 0.717) is 5.92 Å². The van der Waals surface area contributed by atoms with Gasteiger partial charge in [-0.1, -0.05) is 6.92 Å². The summed E-state index contributed by atoms with van der Waals surface area (Å²) in [6.45, 7) is 6.16. The molecular weight excluding hydrogens is 226 g/mol. The smallest absolute Gasteiger partial charge is 0.151 e. The Hall–Kier alpha value is -0.130. The van der Waals surface area contributed by atoms with Crippen molar-refractivity contribution in [2.24, 2.45) is 5.92 Å². The zero-order valence-electron chi connectivity index (χ0n) is 10.2. The van der Waals surface area contributed by atoms with Crippen LogP contribution in [0.1, 0.15) is 26.7 Å². The summed E-state index contributed by atoms with van der Waals surface area (Å²) < 4.78 is 28.2. The van der Waals surface area contributed by atoms with E-state index in [1.807, 2.05) is 6.92 Å². The van der Waals surface area contributed by atoms with Gasteiger partial charge in [0.15, 0.2) is 9.84 Å². The van der Waals surface area contributed by atoms with Gasteiger partial charge >= 0.3 is 0 Å². The second-order valence-electron chi connectivity index (χ2n) is 4.59. The molecule has 4 nitrogen and oxygen atoms in total. The zero-order chi connectivity index (χ0) is 12.0. The highest BCUT2D eigenvalue weighted by Gasteiger charge is 2.17. The summed E-state index contributed by atoms with van der Waals surface area (Å²) >= 11 is 0. The van der Waals surface area contributed by atoms with Gasteiger partial charge in [0.25, 0.3) is 0 Å². The van der Waals surface area contributed by atoms with E-state index in [-0.39, 0.29) is 17.5 Å². The summed E-state index contributed by atoms with van der Waals surface area (Å²) in [7, 11) is -2.87. The predicted octanol–water partition coefficient (Wildman–Crippen LogP) is 0.826. The number of sulfone groups is 1. The van der Waals surface area contributed by atoms with Gasteiger partial charge in [0, 0.05) is 24.9 Å². The highest BCUT2D eigenvalue weighted by molar-refractivity contribution is 7.91. The Kier molecular flexibility index (Phi) is 5.72. The molecule has 0 aromatic carbocycles. The van der Waals surface area contributed by atoms with E-state index in [1.54, 1.807) is 6.92 Å². The maximum Gasteiger partial charge on any atom is 0.151 e. The number of nitrogens with one attached hydrogen (secondary N) is 1. The molecule has 5 heteroatoms. The lowest BCUT2D eigenvalue weighted by Crippen LogP contribution is -2.38. The monoisotopic (exact) mass is 249 g/mol. The van der Waals surface area contributed by atoms with Crippen LogP contribution in [0.25, 0.3) is 0 Å². The van der Waals surface area contributed by atoms with Crippen LogP contribution >= 0.6 is 0 Å². The van der Waals surface area contributed by atoms with Crippen LogP contribution < -0.4 is 5.32 Å². The lowest BCUT2D eigenvalue weighted by Gasteiger charge is -2.24. The molecule has 16 heavy (non-hydrogen) atoms. The normalized spacial score (nSPS) is 24.2. The van der Waals surface area contributed by atoms with Crippen molar-refractivity contribution in [1.82, 2.24) is 5.32 Å². The lowest BCUT2D eigenvalue weighted by atomic mass is 10.0. The van der Waals surface area contributed by atoms with Crippen LogP contribution in [0.15, 0.2) is 0 Å². The van der Waals surface area contributed by atoms with Gasteiger partial charge in [-0.3, -0.25) is 0 Å². The van der Waals surface area contributed by atoms with Gasteiger partial charge < -0.3 is 10.1 Å². The minimum absolute atomic E-state index is 0.0341. The van der Waals surface area contributed by atoms with Gasteiger partial charge in [-0.05, 0) is 25.7 Å². The number of hydrogen-bond acceptors (Lipinski definition) is 4. The summed E-state index contributed by atoms with van der Waals surface area (Å²) in [4.78, 5) is 0. The molecule has 0 aromatic rings. The van der Waals surface area contributed by atoms with E-state index in [0.717, 1.165) is 26.2 Å². The quantitative estimate of drug-likeness (QED) is 0.757. The minimum Gasteiger partial charge on any atom is -0.381 e. The van der Waals surface area contributed by atoms with Crippen molar-refractivity contribution in [1.29, 1.82) is 0 Å². The molecule has 1 aliphatic heterocycles. The van der Waals surface area contributed by atoms with Crippen LogP contribution in [0.4, 0.5) is 0 Å². The van der Waals surface area contributed by atoms with E-state index >= 15 is 0 Å². The van der Waals surface area contributed by atoms with E-state index in [9.17, 15) is 8.42 Å². The molecule has 0 radical (unpaired) electrons. The minimum atomic E-state index is -2.87. The Morgan fingerprint density at radius 2 is 2.25 bits per heavy atom. The maximum absolute atomic E-state index is 11.4. The Bertz CT molecular complexity index is 284. The first kappa shape index (κ1) is 13.9. The highest BCUT2D eigenvalue weighted by Crippen LogP contribution is 2.12. The second kappa shape index (κ2) is 6.57. The molecule has 0 bridgehead atoms. The van der Waals surface area contributed by atoms with Crippen molar-refractivity contribution in [2.75, 3.05) is 31.3 Å². The van der Waals surface area contributed by atoms with Crippen LogP contribution in [-0.4, -0.2) is 45.7 Å². The molecule has 1 rings (SSSR count). The van der Waals surface area contributed by atoms with Crippen LogP contribution in [-0.2, 0) is 14.6 Å². The predicted molar refractivity (Wildman–Crippen MR) is 65.3 cm³/mol. The van der Waals surface area contributed by atoms with Crippen molar-refractivity contribution in [2.45, 2.75) is 32.7 Å². The Morgan fingerprint density at radius 3 is 2.81 bits per heavy atom. The van der Waals surface area contributed by atoms with Gasteiger partial charge in [0.1, 0.15) is 0 Å². The lowest BCUT2D eigenvalue weighted by molar-refractivity contribution is 0.0542. The molecule has 0 spiro atoms. The first-order valence-corrected chi connectivity index (χ1v) is 7.87. The van der Waals surface area contributed by atoms with Gasteiger partial charge in [0.2, 0.25) is 0 Å². The highest BCUT2D eigenvalue weighted by atomic mass is 32.2. The average Bonchev–Trinajstić information content (AvgIpc) is 2.27. The molecule has 1 N–H and O–H groups in total. The van der Waals surface area contributed by atoms with Gasteiger partial charge in [-0.2, -0.15) is 0 Å². The van der Waals surface area contributed by atoms with Crippen LogP contribution in [0.5, 0.6) is 0 Å². The summed E-state index contributed by atoms with van der Waals surface area (Å²) in [5.74, 6) is 1.00. The molecule has 1 aliphatic rings. The van der Waals surface area contributed by atoms with E-state index in [2.05, 4.69) is 5.32 Å². The fraction of sp³-hybridized carbons (Fsp3) is 1.00. The first-order valence-electron chi connectivity index (χ1n) is 6.05. The molecule has 0 saturated carbocycles. The molecule has 0 aliphatic carbocycles. The average molecular weight is 249 g/mol. The second-order valence-corrected chi connectivity index (χ2v) is 6.99. The molecule has 2 atom stereocenters. The Balaban J connectivity index is 2.21. The van der Waals surface area contributed by atoms with E-state index < -0.39 is 9.84 Å². The van der Waals surface area contributed by atoms with Crippen molar-refractivity contribution < 1.29 is 13.2 Å². The van der Waals surface area contributed by atoms with Crippen LogP contribution in [0.2, 0.25) is 0 Å². The van der Waals surface area contributed by atoms with Crippen molar-refractivity contribution in [3.05, 3.63) is 0 Å². The summed E-state index contributed by atoms with van der Waals surface area (Å²) in [5.41, 5.74) is 0. The van der Waals surface area contributed by atoms with Crippen LogP contribution in [0.3, 0.4) is 0 Å². The van der Waals surface area contributed by atoms with E-state index in [1.165, 1.54) is 6.42 Å². The first-order chi connectivity index (χ1) is 7.53. The molecule has 1 fully saturated rings. The molecule has 2 unspecified atom stereocenters. The van der Waals surface area contributed by atoms with Gasteiger partial charge in [0.05, 0.1) is 12.4 Å². The molecule has 1 heterocycles. The molecule has 1 saturated heterocycles. The fourth-order valence-electron chi connectivity index (χ4n) is 1.89. The van der Waals surface area contributed by atoms with Gasteiger partial charge in [-0.15, -0.1) is 0 Å². The standard InChI is InChI=1S/C11H23NO3S/c1-3-16(13,14)9-10(2)12-7-11-5-4-6-15-8-11/h10-12H,3-9H2,1-2H3. The summed E-state index contributed by atoms with van der Waals surface area (Å²) in [6, 6.07) is 0.0341. The number of rotatable bonds is 6. The third kappa shape index (κ3) is 5.27. The number of ether oxygens (including phenoxy) is 1. The molecule has 0 amide bonds. The third-order valence-corrected chi connectivity index (χ3v) is 4.84. The SMILES string of the molecule is CCS(=O)(=O)CC(C)NCC1CCCOC1. The Labute approximate surface area is 98.7 Å². The van der Waals surface area contributed by atoms with Crippen molar-refractivity contribution in [3.63, 3.8) is 0 Å². The molecular formula is C11H23NO3S. The number of hydrogen-bond donors (Lipinski definition) is 1. The fourth-order valence-corrected chi connectivity index (χ4v) is 3.01. The summed E-state index contributed by atoms with van der Waals surface area (Å²) in [5, 5.41) is 3.28. The topological polar surface area (TPSA) is 55.4 Å². The van der Waals surface area contributed by atoms with Crippen LogP contribution in [0, 0.1) is 5.92 Å². The molecule has 0 aromatic heterocycles. The summed E-state index contributed by atoms with van der Waals surface area (Å²) in [6.07, 6.45) is 2.30. The van der Waals surface area contributed by atoms with Gasteiger partial charge in [-0.25, -0.2) is 8.42 Å². The molecule has 96 valence electrons. The maximum atomic E-state index is 11.4. The van der Waals surface area contributed by atoms with Crippen molar-refractivity contribution in [3.8, 4) is 0 Å². The van der Waals surface area contributed by atoms with E-state index in [4.69, 9.17) is 4.74 Å². The third-order valence-electron chi connectivity index (χ3n) is 2.95. The largest absolute Gasteiger partial charge is 0.381 e. The zero-order valence-corrected chi connectivity index (χ0v) is 11.1. The Morgan fingerprint density at radius 1 is 1.50 bits per heavy atom. The van der Waals surface area contributed by atoms with Crippen molar-refractivity contribution >= 4 is 9.84 Å².